The van der Waals surface area contributed by atoms with Gasteiger partial charge < -0.3 is 5.32 Å². The smallest absolute Gasteiger partial charge is 0.243 e. The molecule has 96 valence electrons. The van der Waals surface area contributed by atoms with Crippen molar-refractivity contribution in [2.75, 3.05) is 5.32 Å². The highest BCUT2D eigenvalue weighted by atomic mass is 35.5. The van der Waals surface area contributed by atoms with E-state index >= 15 is 0 Å². The second-order valence-electron chi connectivity index (χ2n) is 4.07. The van der Waals surface area contributed by atoms with Crippen LogP contribution in [-0.4, -0.2) is 14.6 Å². The molecule has 0 saturated carbocycles. The number of hydrogen-bond acceptors (Lipinski definition) is 3. The zero-order valence-electron chi connectivity index (χ0n) is 9.85. The van der Waals surface area contributed by atoms with Gasteiger partial charge in [-0.25, -0.2) is 4.52 Å². The van der Waals surface area contributed by atoms with Gasteiger partial charge in [0.1, 0.15) is 0 Å². The lowest BCUT2D eigenvalue weighted by atomic mass is 10.2. The molecule has 0 fully saturated rings. The van der Waals surface area contributed by atoms with Crippen LogP contribution < -0.4 is 5.32 Å². The zero-order valence-corrected chi connectivity index (χ0v) is 11.4. The maximum absolute atomic E-state index is 5.89. The van der Waals surface area contributed by atoms with E-state index in [1.807, 2.05) is 30.3 Å². The van der Waals surface area contributed by atoms with E-state index < -0.39 is 0 Å². The summed E-state index contributed by atoms with van der Waals surface area (Å²) in [6.07, 6.45) is 1.72. The Hall–Kier alpha value is -1.78. The van der Waals surface area contributed by atoms with E-state index in [2.05, 4.69) is 15.4 Å². The number of fused-ring (bicyclic) bond motifs is 1. The van der Waals surface area contributed by atoms with Crippen molar-refractivity contribution in [3.05, 3.63) is 58.2 Å². The third-order valence-electron chi connectivity index (χ3n) is 2.66. The molecule has 0 atom stereocenters. The van der Waals surface area contributed by atoms with Crippen molar-refractivity contribution >= 4 is 34.8 Å². The molecule has 0 spiro atoms. The molecule has 0 radical (unpaired) electrons. The number of anilines is 1. The highest BCUT2D eigenvalue weighted by Gasteiger charge is 2.03. The van der Waals surface area contributed by atoms with Crippen molar-refractivity contribution in [3.8, 4) is 0 Å². The maximum Gasteiger partial charge on any atom is 0.243 e. The first-order chi connectivity index (χ1) is 9.20. The minimum atomic E-state index is 0.567. The van der Waals surface area contributed by atoms with Gasteiger partial charge in [0, 0.05) is 17.8 Å². The van der Waals surface area contributed by atoms with Gasteiger partial charge >= 0.3 is 0 Å². The van der Waals surface area contributed by atoms with E-state index in [0.717, 1.165) is 16.2 Å². The summed E-state index contributed by atoms with van der Waals surface area (Å²) < 4.78 is 1.65. The summed E-state index contributed by atoms with van der Waals surface area (Å²) >= 11 is 11.7. The van der Waals surface area contributed by atoms with Crippen LogP contribution in [0.5, 0.6) is 0 Å². The topological polar surface area (TPSA) is 42.2 Å². The standard InChI is InChI=1S/C13H10Cl2N4/c14-10-3-1-9(2-4-10)7-16-13-17-12-6-5-11(15)8-19(12)18-13/h1-6,8H,7H2,(H,16,18). The molecule has 6 heteroatoms. The third kappa shape index (κ3) is 2.80. The SMILES string of the molecule is Clc1ccc(CNc2nc3ccc(Cl)cn3n2)cc1. The number of aromatic nitrogens is 3. The van der Waals surface area contributed by atoms with E-state index in [-0.39, 0.29) is 0 Å². The fourth-order valence-electron chi connectivity index (χ4n) is 1.72. The summed E-state index contributed by atoms with van der Waals surface area (Å²) in [5, 5.41) is 8.80. The number of hydrogen-bond donors (Lipinski definition) is 1. The molecule has 0 bridgehead atoms. The predicted molar refractivity (Wildman–Crippen MR) is 76.8 cm³/mol. The monoisotopic (exact) mass is 292 g/mol. The van der Waals surface area contributed by atoms with Crippen LogP contribution in [0.15, 0.2) is 42.6 Å². The fourth-order valence-corrected chi connectivity index (χ4v) is 2.00. The first-order valence-corrected chi connectivity index (χ1v) is 6.46. The molecule has 0 unspecified atom stereocenters. The van der Waals surface area contributed by atoms with Crippen LogP contribution in [0.4, 0.5) is 5.95 Å². The lowest BCUT2D eigenvalue weighted by Crippen LogP contribution is -2.00. The molecule has 0 aliphatic heterocycles. The number of nitrogens with one attached hydrogen (secondary N) is 1. The normalized spacial score (nSPS) is 10.8. The van der Waals surface area contributed by atoms with Crippen molar-refractivity contribution < 1.29 is 0 Å². The van der Waals surface area contributed by atoms with Crippen LogP contribution >= 0.6 is 23.2 Å². The molecule has 0 amide bonds. The molecule has 2 heterocycles. The Bertz CT molecular complexity index is 706. The number of nitrogens with zero attached hydrogens (tertiary/aromatic N) is 3. The molecular formula is C13H10Cl2N4. The fraction of sp³-hybridized carbons (Fsp3) is 0.0769. The van der Waals surface area contributed by atoms with Gasteiger partial charge in [-0.1, -0.05) is 35.3 Å². The van der Waals surface area contributed by atoms with Gasteiger partial charge in [0.15, 0.2) is 5.65 Å². The van der Waals surface area contributed by atoms with Crippen LogP contribution in [0, 0.1) is 0 Å². The second-order valence-corrected chi connectivity index (χ2v) is 4.94. The van der Waals surface area contributed by atoms with Crippen molar-refractivity contribution in [3.63, 3.8) is 0 Å². The van der Waals surface area contributed by atoms with Gasteiger partial charge in [0.2, 0.25) is 5.95 Å². The van der Waals surface area contributed by atoms with Crippen LogP contribution in [0.2, 0.25) is 10.0 Å². The highest BCUT2D eigenvalue weighted by molar-refractivity contribution is 6.30. The summed E-state index contributed by atoms with van der Waals surface area (Å²) in [6, 6.07) is 11.2. The minimum absolute atomic E-state index is 0.567. The Labute approximate surface area is 120 Å². The maximum atomic E-state index is 5.89. The van der Waals surface area contributed by atoms with E-state index in [1.165, 1.54) is 0 Å². The Morgan fingerprint density at radius 2 is 1.74 bits per heavy atom. The Kier molecular flexibility index (Phi) is 3.27. The highest BCUT2D eigenvalue weighted by Crippen LogP contribution is 2.13. The summed E-state index contributed by atoms with van der Waals surface area (Å²) in [6.45, 7) is 0.641. The number of pyridine rings is 1. The molecule has 19 heavy (non-hydrogen) atoms. The van der Waals surface area contributed by atoms with E-state index in [9.17, 15) is 0 Å². The van der Waals surface area contributed by atoms with E-state index in [0.29, 0.717) is 17.5 Å². The Morgan fingerprint density at radius 3 is 2.53 bits per heavy atom. The van der Waals surface area contributed by atoms with Gasteiger partial charge in [0.25, 0.3) is 0 Å². The van der Waals surface area contributed by atoms with Crippen molar-refractivity contribution in [1.29, 1.82) is 0 Å². The van der Waals surface area contributed by atoms with Gasteiger partial charge in [-0.3, -0.25) is 0 Å². The quantitative estimate of drug-likeness (QED) is 0.801. The molecule has 0 aliphatic carbocycles. The lowest BCUT2D eigenvalue weighted by molar-refractivity contribution is 0.950. The van der Waals surface area contributed by atoms with E-state index in [1.54, 1.807) is 16.8 Å². The summed E-state index contributed by atoms with van der Waals surface area (Å²) in [5.41, 5.74) is 1.87. The first-order valence-electron chi connectivity index (χ1n) is 5.71. The molecule has 0 saturated heterocycles. The van der Waals surface area contributed by atoms with Gasteiger partial charge in [-0.05, 0) is 29.8 Å². The van der Waals surface area contributed by atoms with Crippen molar-refractivity contribution in [2.24, 2.45) is 0 Å². The molecule has 0 aliphatic rings. The predicted octanol–water partition coefficient (Wildman–Crippen LogP) is 3.65. The Balaban J connectivity index is 1.76. The summed E-state index contributed by atoms with van der Waals surface area (Å²) in [7, 11) is 0. The molecule has 3 rings (SSSR count). The lowest BCUT2D eigenvalue weighted by Gasteiger charge is -2.01. The third-order valence-corrected chi connectivity index (χ3v) is 3.13. The molecule has 3 aromatic rings. The van der Waals surface area contributed by atoms with Crippen molar-refractivity contribution in [1.82, 2.24) is 14.6 Å². The minimum Gasteiger partial charge on any atom is -0.349 e. The second kappa shape index (κ2) is 5.07. The van der Waals surface area contributed by atoms with E-state index in [4.69, 9.17) is 23.2 Å². The average Bonchev–Trinajstić information content (AvgIpc) is 2.80. The van der Waals surface area contributed by atoms with Gasteiger partial charge in [-0.15, -0.1) is 5.10 Å². The molecular weight excluding hydrogens is 283 g/mol. The number of benzene rings is 1. The van der Waals surface area contributed by atoms with Crippen LogP contribution in [0.3, 0.4) is 0 Å². The summed E-state index contributed by atoms with van der Waals surface area (Å²) in [4.78, 5) is 4.34. The average molecular weight is 293 g/mol. The summed E-state index contributed by atoms with van der Waals surface area (Å²) in [5.74, 6) is 0.567. The van der Waals surface area contributed by atoms with Crippen LogP contribution in [-0.2, 0) is 6.54 Å². The van der Waals surface area contributed by atoms with Crippen LogP contribution in [0.1, 0.15) is 5.56 Å². The van der Waals surface area contributed by atoms with Crippen LogP contribution in [0.25, 0.3) is 5.65 Å². The number of rotatable bonds is 3. The molecule has 2 aromatic heterocycles. The molecule has 1 aromatic carbocycles. The largest absolute Gasteiger partial charge is 0.349 e. The number of halogens is 2. The zero-order chi connectivity index (χ0) is 13.2. The first kappa shape index (κ1) is 12.3. The van der Waals surface area contributed by atoms with Crippen molar-refractivity contribution in [2.45, 2.75) is 6.54 Å². The van der Waals surface area contributed by atoms with Gasteiger partial charge in [-0.2, -0.15) is 4.98 Å². The molecule has 1 N–H and O–H groups in total. The van der Waals surface area contributed by atoms with Gasteiger partial charge in [0.05, 0.1) is 5.02 Å². The molecule has 4 nitrogen and oxygen atoms in total. The Morgan fingerprint density at radius 1 is 1.00 bits per heavy atom.